The molecule has 6 nitrogen and oxygen atoms in total. The third kappa shape index (κ3) is 4.56. The zero-order valence-corrected chi connectivity index (χ0v) is 10.6. The molecule has 0 spiro atoms. The molecule has 0 aliphatic heterocycles. The Bertz CT molecular complexity index is 485. The highest BCUT2D eigenvalue weighted by Crippen LogP contribution is 2.27. The molecule has 0 aromatic carbocycles. The maximum absolute atomic E-state index is 12.3. The Balaban J connectivity index is 2.62. The minimum absolute atomic E-state index is 0.244. The number of nitrogens with one attached hydrogen (secondary N) is 1. The summed E-state index contributed by atoms with van der Waals surface area (Å²) >= 11 is 0. The molecule has 1 aromatic heterocycles. The summed E-state index contributed by atoms with van der Waals surface area (Å²) in [7, 11) is 0. The average molecular weight is 293 g/mol. The van der Waals surface area contributed by atoms with E-state index in [0.717, 1.165) is 16.9 Å². The second kappa shape index (κ2) is 6.40. The molecular formula is C11H14F3N3O3. The van der Waals surface area contributed by atoms with Gasteiger partial charge in [-0.05, 0) is 12.5 Å². The van der Waals surface area contributed by atoms with Crippen LogP contribution >= 0.6 is 0 Å². The first-order chi connectivity index (χ1) is 9.24. The zero-order chi connectivity index (χ0) is 15.3. The van der Waals surface area contributed by atoms with E-state index in [4.69, 9.17) is 5.11 Å². The third-order valence-corrected chi connectivity index (χ3v) is 2.45. The van der Waals surface area contributed by atoms with Gasteiger partial charge in [0, 0.05) is 6.20 Å². The van der Waals surface area contributed by atoms with Crippen LogP contribution in [0.2, 0.25) is 0 Å². The Morgan fingerprint density at radius 2 is 2.15 bits per heavy atom. The van der Waals surface area contributed by atoms with E-state index in [1.165, 1.54) is 0 Å². The van der Waals surface area contributed by atoms with Crippen LogP contribution in [0.3, 0.4) is 0 Å². The van der Waals surface area contributed by atoms with Crippen LogP contribution in [0.5, 0.6) is 0 Å². The minimum atomic E-state index is -4.58. The molecule has 0 aliphatic rings. The normalized spacial score (nSPS) is 13.0. The Labute approximate surface area is 112 Å². The minimum Gasteiger partial charge on any atom is -0.480 e. The van der Waals surface area contributed by atoms with Crippen LogP contribution in [-0.2, 0) is 22.3 Å². The van der Waals surface area contributed by atoms with Gasteiger partial charge in [0.2, 0.25) is 5.91 Å². The monoisotopic (exact) mass is 293 g/mol. The van der Waals surface area contributed by atoms with Crippen molar-refractivity contribution in [3.63, 3.8) is 0 Å². The number of aliphatic carboxylic acids is 1. The number of alkyl halides is 3. The predicted octanol–water partition coefficient (Wildman–Crippen LogP) is 1.27. The van der Waals surface area contributed by atoms with Crippen molar-refractivity contribution >= 4 is 11.9 Å². The molecule has 0 radical (unpaired) electrons. The quantitative estimate of drug-likeness (QED) is 0.827. The molecule has 0 saturated heterocycles. The number of rotatable bonds is 6. The standard InChI is InChI=1S/C11H14F3N3O3/c1-2-3-7(10(19)20)15-9(18)6-17-5-4-8(16-17)11(12,13)14/h4-5,7H,2-3,6H2,1H3,(H,15,18)(H,19,20). The van der Waals surface area contributed by atoms with E-state index in [2.05, 4.69) is 10.4 Å². The van der Waals surface area contributed by atoms with Crippen LogP contribution in [0.1, 0.15) is 25.5 Å². The lowest BCUT2D eigenvalue weighted by atomic mass is 10.1. The molecule has 1 atom stereocenters. The number of amides is 1. The van der Waals surface area contributed by atoms with Gasteiger partial charge in [0.25, 0.3) is 0 Å². The second-order valence-corrected chi connectivity index (χ2v) is 4.14. The van der Waals surface area contributed by atoms with E-state index < -0.39 is 36.3 Å². The highest BCUT2D eigenvalue weighted by Gasteiger charge is 2.33. The Hall–Kier alpha value is -2.06. The highest BCUT2D eigenvalue weighted by atomic mass is 19.4. The Kier molecular flexibility index (Phi) is 5.12. The largest absolute Gasteiger partial charge is 0.480 e. The summed E-state index contributed by atoms with van der Waals surface area (Å²) < 4.78 is 37.7. The molecule has 0 fully saturated rings. The van der Waals surface area contributed by atoms with Gasteiger partial charge in [0.15, 0.2) is 5.69 Å². The van der Waals surface area contributed by atoms with Crippen molar-refractivity contribution < 1.29 is 27.9 Å². The number of nitrogens with zero attached hydrogens (tertiary/aromatic N) is 2. The van der Waals surface area contributed by atoms with E-state index in [-0.39, 0.29) is 6.42 Å². The van der Waals surface area contributed by atoms with Crippen molar-refractivity contribution in [1.29, 1.82) is 0 Å². The maximum atomic E-state index is 12.3. The Morgan fingerprint density at radius 1 is 1.50 bits per heavy atom. The molecule has 20 heavy (non-hydrogen) atoms. The van der Waals surface area contributed by atoms with Gasteiger partial charge in [-0.1, -0.05) is 13.3 Å². The van der Waals surface area contributed by atoms with Gasteiger partial charge >= 0.3 is 12.1 Å². The molecular weight excluding hydrogens is 279 g/mol. The van der Waals surface area contributed by atoms with Gasteiger partial charge in [-0.15, -0.1) is 0 Å². The van der Waals surface area contributed by atoms with Crippen molar-refractivity contribution in [2.24, 2.45) is 0 Å². The fourth-order valence-corrected chi connectivity index (χ4v) is 1.53. The lowest BCUT2D eigenvalue weighted by molar-refractivity contribution is -0.142. The summed E-state index contributed by atoms with van der Waals surface area (Å²) in [5.41, 5.74) is -1.10. The lowest BCUT2D eigenvalue weighted by Gasteiger charge is -2.13. The Morgan fingerprint density at radius 3 is 2.60 bits per heavy atom. The summed E-state index contributed by atoms with van der Waals surface area (Å²) in [5, 5.41) is 14.3. The number of halogens is 3. The second-order valence-electron chi connectivity index (χ2n) is 4.14. The van der Waals surface area contributed by atoms with Crippen molar-refractivity contribution in [3.05, 3.63) is 18.0 Å². The van der Waals surface area contributed by atoms with E-state index in [1.807, 2.05) is 0 Å². The molecule has 1 rings (SSSR count). The fourth-order valence-electron chi connectivity index (χ4n) is 1.53. The van der Waals surface area contributed by atoms with Crippen LogP contribution in [0, 0.1) is 0 Å². The third-order valence-electron chi connectivity index (χ3n) is 2.45. The number of hydrogen-bond acceptors (Lipinski definition) is 3. The summed E-state index contributed by atoms with van der Waals surface area (Å²) in [5.74, 6) is -1.89. The topological polar surface area (TPSA) is 84.2 Å². The van der Waals surface area contributed by atoms with Gasteiger partial charge in [0.1, 0.15) is 12.6 Å². The van der Waals surface area contributed by atoms with Crippen LogP contribution < -0.4 is 5.32 Å². The van der Waals surface area contributed by atoms with Gasteiger partial charge < -0.3 is 10.4 Å². The van der Waals surface area contributed by atoms with E-state index >= 15 is 0 Å². The molecule has 0 aliphatic carbocycles. The van der Waals surface area contributed by atoms with Crippen molar-refractivity contribution in [2.45, 2.75) is 38.5 Å². The average Bonchev–Trinajstić information content (AvgIpc) is 2.76. The molecule has 1 unspecified atom stereocenters. The van der Waals surface area contributed by atoms with Gasteiger partial charge in [-0.2, -0.15) is 18.3 Å². The van der Waals surface area contributed by atoms with Crippen molar-refractivity contribution in [2.75, 3.05) is 0 Å². The number of hydrogen-bond donors (Lipinski definition) is 2. The summed E-state index contributed by atoms with van der Waals surface area (Å²) in [6.45, 7) is 1.29. The first-order valence-electron chi connectivity index (χ1n) is 5.87. The number of carboxylic acid groups (broad SMARTS) is 1. The van der Waals surface area contributed by atoms with Gasteiger partial charge in [-0.3, -0.25) is 9.48 Å². The maximum Gasteiger partial charge on any atom is 0.435 e. The molecule has 9 heteroatoms. The number of aromatic nitrogens is 2. The van der Waals surface area contributed by atoms with Crippen LogP contribution in [0.15, 0.2) is 12.3 Å². The number of carboxylic acids is 1. The molecule has 1 aromatic rings. The van der Waals surface area contributed by atoms with E-state index in [0.29, 0.717) is 6.42 Å². The molecule has 2 N–H and O–H groups in total. The van der Waals surface area contributed by atoms with Gasteiger partial charge in [0.05, 0.1) is 0 Å². The smallest absolute Gasteiger partial charge is 0.435 e. The summed E-state index contributed by atoms with van der Waals surface area (Å²) in [6, 6.07) is -0.307. The predicted molar refractivity (Wildman–Crippen MR) is 61.7 cm³/mol. The molecule has 1 heterocycles. The van der Waals surface area contributed by atoms with Crippen LogP contribution in [-0.4, -0.2) is 32.8 Å². The first kappa shape index (κ1) is 16.0. The van der Waals surface area contributed by atoms with Crippen LogP contribution in [0.4, 0.5) is 13.2 Å². The van der Waals surface area contributed by atoms with E-state index in [9.17, 15) is 22.8 Å². The highest BCUT2D eigenvalue weighted by molar-refractivity contribution is 5.83. The molecule has 1 amide bonds. The zero-order valence-electron chi connectivity index (χ0n) is 10.6. The van der Waals surface area contributed by atoms with Crippen molar-refractivity contribution in [1.82, 2.24) is 15.1 Å². The number of carbonyl (C=O) groups is 2. The fraction of sp³-hybridized carbons (Fsp3) is 0.545. The summed E-state index contributed by atoms with van der Waals surface area (Å²) in [6.07, 6.45) is -2.77. The molecule has 0 bridgehead atoms. The number of carbonyl (C=O) groups excluding carboxylic acids is 1. The summed E-state index contributed by atoms with van der Waals surface area (Å²) in [4.78, 5) is 22.4. The van der Waals surface area contributed by atoms with E-state index in [1.54, 1.807) is 6.92 Å². The SMILES string of the molecule is CCCC(NC(=O)Cn1ccc(C(F)(F)F)n1)C(=O)O. The first-order valence-corrected chi connectivity index (χ1v) is 5.87. The molecule has 112 valence electrons. The van der Waals surface area contributed by atoms with Crippen LogP contribution in [0.25, 0.3) is 0 Å². The molecule has 0 saturated carbocycles. The lowest BCUT2D eigenvalue weighted by Crippen LogP contribution is -2.42. The van der Waals surface area contributed by atoms with Gasteiger partial charge in [-0.25, -0.2) is 4.79 Å². The van der Waals surface area contributed by atoms with Crippen molar-refractivity contribution in [3.8, 4) is 0 Å².